The van der Waals surface area contributed by atoms with Gasteiger partial charge >= 0.3 is 0 Å². The first kappa shape index (κ1) is 22.6. The second-order valence-corrected chi connectivity index (χ2v) is 10.8. The molecule has 2 bridgehead atoms. The van der Waals surface area contributed by atoms with Crippen LogP contribution in [-0.4, -0.2) is 50.9 Å². The second kappa shape index (κ2) is 9.20. The maximum atomic E-state index is 13.2. The van der Waals surface area contributed by atoms with Crippen molar-refractivity contribution in [3.8, 4) is 11.4 Å². The molecule has 6 nitrogen and oxygen atoms in total. The van der Waals surface area contributed by atoms with E-state index in [1.54, 1.807) is 10.9 Å². The number of thiophene rings is 1. The van der Waals surface area contributed by atoms with Crippen molar-refractivity contribution in [2.24, 2.45) is 0 Å². The van der Waals surface area contributed by atoms with E-state index in [9.17, 15) is 9.90 Å². The van der Waals surface area contributed by atoms with E-state index in [1.165, 1.54) is 24.2 Å². The Hall–Kier alpha value is -2.22. The van der Waals surface area contributed by atoms with Crippen molar-refractivity contribution in [1.29, 1.82) is 0 Å². The highest BCUT2D eigenvalue weighted by Crippen LogP contribution is 2.36. The summed E-state index contributed by atoms with van der Waals surface area (Å²) in [5, 5.41) is 9.84. The summed E-state index contributed by atoms with van der Waals surface area (Å²) in [6.07, 6.45) is 8.53. The SMILES string of the molecule is CCC(O)CCc1cc2ncn(-c3ccc(O[C@H]4C[C@H]5CC[C@@H](C4)N5C)c(C)c3)c(=O)c2s1. The predicted molar refractivity (Wildman–Crippen MR) is 133 cm³/mol. The van der Waals surface area contributed by atoms with Crippen LogP contribution in [0.5, 0.6) is 5.75 Å². The van der Waals surface area contributed by atoms with Crippen molar-refractivity contribution < 1.29 is 9.84 Å². The number of ether oxygens (including phenoxy) is 1. The quantitative estimate of drug-likeness (QED) is 0.556. The Bertz CT molecular complexity index is 1190. The van der Waals surface area contributed by atoms with Gasteiger partial charge in [-0.05, 0) is 88.7 Å². The zero-order valence-corrected chi connectivity index (χ0v) is 20.5. The van der Waals surface area contributed by atoms with E-state index in [0.717, 1.165) is 53.1 Å². The minimum Gasteiger partial charge on any atom is -0.490 e. The molecule has 0 aliphatic carbocycles. The molecule has 0 saturated carbocycles. The number of piperidine rings is 1. The van der Waals surface area contributed by atoms with E-state index >= 15 is 0 Å². The third-order valence-electron chi connectivity index (χ3n) is 7.47. The number of hydrogen-bond donors (Lipinski definition) is 1. The van der Waals surface area contributed by atoms with Crippen molar-refractivity contribution >= 4 is 21.6 Å². The summed E-state index contributed by atoms with van der Waals surface area (Å²) in [5.41, 5.74) is 2.52. The predicted octanol–water partition coefficient (Wildman–Crippen LogP) is 4.46. The van der Waals surface area contributed by atoms with Crippen LogP contribution in [0.2, 0.25) is 0 Å². The molecule has 1 aromatic carbocycles. The van der Waals surface area contributed by atoms with Crippen LogP contribution in [0.3, 0.4) is 0 Å². The van der Waals surface area contributed by atoms with Crippen LogP contribution < -0.4 is 10.3 Å². The molecule has 33 heavy (non-hydrogen) atoms. The minimum atomic E-state index is -0.298. The summed E-state index contributed by atoms with van der Waals surface area (Å²) in [5.74, 6) is 0.905. The maximum Gasteiger partial charge on any atom is 0.275 e. The molecule has 4 atom stereocenters. The van der Waals surface area contributed by atoms with Gasteiger partial charge in [-0.25, -0.2) is 4.98 Å². The molecule has 176 valence electrons. The van der Waals surface area contributed by atoms with E-state index < -0.39 is 0 Å². The van der Waals surface area contributed by atoms with Gasteiger partial charge in [0.05, 0.1) is 17.3 Å². The summed E-state index contributed by atoms with van der Waals surface area (Å²) < 4.78 is 8.70. The van der Waals surface area contributed by atoms with Crippen molar-refractivity contribution in [1.82, 2.24) is 14.5 Å². The molecule has 2 aliphatic rings. The molecule has 3 aromatic rings. The molecule has 0 spiro atoms. The van der Waals surface area contributed by atoms with Crippen LogP contribution in [0.15, 0.2) is 35.4 Å². The van der Waals surface area contributed by atoms with Gasteiger partial charge in [-0.1, -0.05) is 6.92 Å². The highest BCUT2D eigenvalue weighted by molar-refractivity contribution is 7.18. The van der Waals surface area contributed by atoms with Crippen molar-refractivity contribution in [3.05, 3.63) is 51.4 Å². The highest BCUT2D eigenvalue weighted by atomic mass is 32.1. The van der Waals surface area contributed by atoms with E-state index in [-0.39, 0.29) is 17.8 Å². The molecule has 5 rings (SSSR count). The fraction of sp³-hybridized carbons (Fsp3) is 0.538. The smallest absolute Gasteiger partial charge is 0.275 e. The lowest BCUT2D eigenvalue weighted by atomic mass is 10.0. The first-order valence-corrected chi connectivity index (χ1v) is 12.9. The normalized spacial score (nSPS) is 23.8. The van der Waals surface area contributed by atoms with Crippen LogP contribution >= 0.6 is 11.3 Å². The Labute approximate surface area is 198 Å². The van der Waals surface area contributed by atoms with Gasteiger partial charge in [0.25, 0.3) is 5.56 Å². The Balaban J connectivity index is 1.35. The Morgan fingerprint density at radius 1 is 1.24 bits per heavy atom. The lowest BCUT2D eigenvalue weighted by molar-refractivity contribution is 0.0657. The Kier molecular flexibility index (Phi) is 6.29. The van der Waals surface area contributed by atoms with Gasteiger partial charge in [-0.15, -0.1) is 11.3 Å². The van der Waals surface area contributed by atoms with Gasteiger partial charge in [0.1, 0.15) is 22.9 Å². The third kappa shape index (κ3) is 4.46. The number of rotatable bonds is 7. The molecule has 0 amide bonds. The van der Waals surface area contributed by atoms with Gasteiger partial charge in [-0.3, -0.25) is 9.36 Å². The van der Waals surface area contributed by atoms with Crippen molar-refractivity contribution in [2.75, 3.05) is 7.05 Å². The van der Waals surface area contributed by atoms with Gasteiger partial charge in [0.15, 0.2) is 0 Å². The first-order chi connectivity index (χ1) is 15.9. The molecule has 1 N–H and O–H groups in total. The number of aliphatic hydroxyl groups is 1. The fourth-order valence-electron chi connectivity index (χ4n) is 5.33. The summed E-state index contributed by atoms with van der Waals surface area (Å²) in [7, 11) is 2.24. The topological polar surface area (TPSA) is 67.6 Å². The van der Waals surface area contributed by atoms with E-state index in [0.29, 0.717) is 23.2 Å². The third-order valence-corrected chi connectivity index (χ3v) is 8.64. The monoisotopic (exact) mass is 467 g/mol. The van der Waals surface area contributed by atoms with Gasteiger partial charge < -0.3 is 14.7 Å². The van der Waals surface area contributed by atoms with E-state index in [1.807, 2.05) is 38.1 Å². The molecule has 2 aliphatic heterocycles. The second-order valence-electron chi connectivity index (χ2n) is 9.66. The van der Waals surface area contributed by atoms with Crippen LogP contribution in [0.25, 0.3) is 15.9 Å². The van der Waals surface area contributed by atoms with Crippen LogP contribution in [-0.2, 0) is 6.42 Å². The molecule has 4 heterocycles. The number of nitrogens with zero attached hydrogens (tertiary/aromatic N) is 3. The lowest BCUT2D eigenvalue weighted by Gasteiger charge is -2.36. The average molecular weight is 468 g/mol. The summed E-state index contributed by atoms with van der Waals surface area (Å²) in [4.78, 5) is 21.4. The number of aromatic nitrogens is 2. The summed E-state index contributed by atoms with van der Waals surface area (Å²) in [6.45, 7) is 4.02. The van der Waals surface area contributed by atoms with Crippen LogP contribution in [0, 0.1) is 6.92 Å². The van der Waals surface area contributed by atoms with Crippen LogP contribution in [0.4, 0.5) is 0 Å². The fourth-order valence-corrected chi connectivity index (χ4v) is 6.39. The Morgan fingerprint density at radius 2 is 2.00 bits per heavy atom. The standard InChI is InChI=1S/C26H33N3O3S/c1-4-20(30)8-9-22-14-23-25(33-22)26(31)29(15-27-23)19-7-10-24(16(2)11-19)32-21-12-17-5-6-18(13-21)28(17)3/h7,10-11,14-15,17-18,20-21,30H,4-6,8-9,12-13H2,1-3H3/t17-,18+,20?,21+. The molecule has 2 saturated heterocycles. The highest BCUT2D eigenvalue weighted by Gasteiger charge is 2.39. The molecule has 7 heteroatoms. The van der Waals surface area contributed by atoms with Crippen molar-refractivity contribution in [2.45, 2.75) is 83.1 Å². The molecule has 2 fully saturated rings. The number of aliphatic hydroxyl groups excluding tert-OH is 1. The maximum absolute atomic E-state index is 13.2. The average Bonchev–Trinajstić information content (AvgIpc) is 3.30. The zero-order valence-electron chi connectivity index (χ0n) is 19.7. The summed E-state index contributed by atoms with van der Waals surface area (Å²) in [6, 6.07) is 9.22. The van der Waals surface area contributed by atoms with E-state index in [4.69, 9.17) is 4.74 Å². The molecule has 2 aromatic heterocycles. The Morgan fingerprint density at radius 3 is 2.70 bits per heavy atom. The first-order valence-electron chi connectivity index (χ1n) is 12.1. The van der Waals surface area contributed by atoms with Crippen LogP contribution in [0.1, 0.15) is 55.9 Å². The van der Waals surface area contributed by atoms with Gasteiger partial charge in [-0.2, -0.15) is 0 Å². The lowest BCUT2D eigenvalue weighted by Crippen LogP contribution is -2.43. The molecule has 1 unspecified atom stereocenters. The molecular formula is C26H33N3O3S. The van der Waals surface area contributed by atoms with E-state index in [2.05, 4.69) is 16.9 Å². The molecule has 0 radical (unpaired) electrons. The number of aryl methyl sites for hydroxylation is 2. The van der Waals surface area contributed by atoms with Crippen molar-refractivity contribution in [3.63, 3.8) is 0 Å². The number of fused-ring (bicyclic) bond motifs is 3. The minimum absolute atomic E-state index is 0.0488. The zero-order chi connectivity index (χ0) is 23.1. The van der Waals surface area contributed by atoms with Gasteiger partial charge in [0.2, 0.25) is 0 Å². The summed E-state index contributed by atoms with van der Waals surface area (Å²) >= 11 is 1.49. The largest absolute Gasteiger partial charge is 0.490 e. The van der Waals surface area contributed by atoms with Gasteiger partial charge in [0, 0.05) is 17.0 Å². The number of hydrogen-bond acceptors (Lipinski definition) is 6. The molecular weight excluding hydrogens is 434 g/mol. The number of benzene rings is 1.